The zero-order valence-corrected chi connectivity index (χ0v) is 13.5. The SMILES string of the molecule is CCC1CN(C)CCCN1CC(NC)c1ccccc1F. The molecular formula is C17H28FN3. The number of hydrogen-bond donors (Lipinski definition) is 1. The van der Waals surface area contributed by atoms with Crippen LogP contribution in [-0.4, -0.2) is 56.1 Å². The van der Waals surface area contributed by atoms with Gasteiger partial charge in [0.25, 0.3) is 0 Å². The van der Waals surface area contributed by atoms with Gasteiger partial charge in [-0.15, -0.1) is 0 Å². The Hall–Kier alpha value is -0.970. The van der Waals surface area contributed by atoms with Crippen LogP contribution >= 0.6 is 0 Å². The number of halogens is 1. The van der Waals surface area contributed by atoms with Crippen LogP contribution in [0.1, 0.15) is 31.4 Å². The molecule has 1 aliphatic heterocycles. The Morgan fingerprint density at radius 3 is 2.76 bits per heavy atom. The fourth-order valence-electron chi connectivity index (χ4n) is 3.26. The number of nitrogens with zero attached hydrogens (tertiary/aromatic N) is 2. The molecule has 2 rings (SSSR count). The molecule has 0 bridgehead atoms. The van der Waals surface area contributed by atoms with E-state index in [1.165, 1.54) is 6.42 Å². The van der Waals surface area contributed by atoms with Gasteiger partial charge in [-0.05, 0) is 46.1 Å². The topological polar surface area (TPSA) is 18.5 Å². The molecule has 2 atom stereocenters. The highest BCUT2D eigenvalue weighted by atomic mass is 19.1. The Balaban J connectivity index is 2.11. The van der Waals surface area contributed by atoms with E-state index in [-0.39, 0.29) is 11.9 Å². The number of likely N-dealkylation sites (N-methyl/N-ethyl adjacent to an activating group) is 2. The molecule has 0 spiro atoms. The second-order valence-electron chi connectivity index (χ2n) is 6.04. The molecule has 0 amide bonds. The first-order chi connectivity index (χ1) is 10.2. The summed E-state index contributed by atoms with van der Waals surface area (Å²) in [7, 11) is 4.11. The first kappa shape index (κ1) is 16.4. The highest BCUT2D eigenvalue weighted by Gasteiger charge is 2.25. The van der Waals surface area contributed by atoms with E-state index in [1.807, 2.05) is 19.2 Å². The van der Waals surface area contributed by atoms with E-state index in [4.69, 9.17) is 0 Å². The van der Waals surface area contributed by atoms with Crippen molar-refractivity contribution in [3.05, 3.63) is 35.6 Å². The lowest BCUT2D eigenvalue weighted by Crippen LogP contribution is -2.43. The predicted octanol–water partition coefficient (Wildman–Crippen LogP) is 2.50. The molecule has 4 heteroatoms. The third-order valence-corrected chi connectivity index (χ3v) is 4.54. The number of benzene rings is 1. The number of nitrogens with one attached hydrogen (secondary N) is 1. The van der Waals surface area contributed by atoms with Gasteiger partial charge in [-0.3, -0.25) is 4.90 Å². The standard InChI is InChI=1S/C17H28FN3/c1-4-14-12-20(3)10-7-11-21(14)13-17(19-2)15-8-5-6-9-16(15)18/h5-6,8-9,14,17,19H,4,7,10-13H2,1-3H3. The molecule has 0 aliphatic carbocycles. The van der Waals surface area contributed by atoms with Crippen LogP contribution in [0.15, 0.2) is 24.3 Å². The maximum Gasteiger partial charge on any atom is 0.128 e. The monoisotopic (exact) mass is 293 g/mol. The second kappa shape index (κ2) is 7.87. The van der Waals surface area contributed by atoms with Gasteiger partial charge in [0, 0.05) is 30.7 Å². The Morgan fingerprint density at radius 2 is 2.10 bits per heavy atom. The zero-order valence-electron chi connectivity index (χ0n) is 13.5. The molecule has 3 nitrogen and oxygen atoms in total. The molecule has 21 heavy (non-hydrogen) atoms. The average molecular weight is 293 g/mol. The average Bonchev–Trinajstić information content (AvgIpc) is 2.66. The molecule has 1 N–H and O–H groups in total. The quantitative estimate of drug-likeness (QED) is 0.900. The molecule has 0 saturated carbocycles. The van der Waals surface area contributed by atoms with Crippen molar-refractivity contribution in [2.24, 2.45) is 0 Å². The van der Waals surface area contributed by atoms with Gasteiger partial charge in [-0.2, -0.15) is 0 Å². The van der Waals surface area contributed by atoms with Crippen molar-refractivity contribution in [3.63, 3.8) is 0 Å². The summed E-state index contributed by atoms with van der Waals surface area (Å²) in [5, 5.41) is 3.29. The van der Waals surface area contributed by atoms with Crippen molar-refractivity contribution >= 4 is 0 Å². The lowest BCUT2D eigenvalue weighted by molar-refractivity contribution is 0.167. The van der Waals surface area contributed by atoms with E-state index in [2.05, 4.69) is 29.1 Å². The van der Waals surface area contributed by atoms with Crippen molar-refractivity contribution < 1.29 is 4.39 Å². The second-order valence-corrected chi connectivity index (χ2v) is 6.04. The third-order valence-electron chi connectivity index (χ3n) is 4.54. The summed E-state index contributed by atoms with van der Waals surface area (Å²) in [5.41, 5.74) is 0.771. The van der Waals surface area contributed by atoms with Crippen LogP contribution in [0.4, 0.5) is 4.39 Å². The van der Waals surface area contributed by atoms with Gasteiger partial charge in [0.2, 0.25) is 0 Å². The minimum absolute atomic E-state index is 0.0451. The summed E-state index contributed by atoms with van der Waals surface area (Å²) in [5.74, 6) is -0.114. The molecule has 118 valence electrons. The van der Waals surface area contributed by atoms with E-state index in [9.17, 15) is 4.39 Å². The van der Waals surface area contributed by atoms with Crippen molar-refractivity contribution in [1.82, 2.24) is 15.1 Å². The van der Waals surface area contributed by atoms with Gasteiger partial charge < -0.3 is 10.2 Å². The Kier molecular flexibility index (Phi) is 6.15. The van der Waals surface area contributed by atoms with E-state index in [1.54, 1.807) is 12.1 Å². The maximum atomic E-state index is 14.0. The van der Waals surface area contributed by atoms with Crippen LogP contribution in [0.5, 0.6) is 0 Å². The van der Waals surface area contributed by atoms with Gasteiger partial charge >= 0.3 is 0 Å². The first-order valence-electron chi connectivity index (χ1n) is 8.00. The van der Waals surface area contributed by atoms with Gasteiger partial charge in [-0.25, -0.2) is 4.39 Å². The van der Waals surface area contributed by atoms with E-state index in [0.29, 0.717) is 6.04 Å². The van der Waals surface area contributed by atoms with Crippen LogP contribution in [0.2, 0.25) is 0 Å². The van der Waals surface area contributed by atoms with E-state index < -0.39 is 0 Å². The normalized spacial score (nSPS) is 23.0. The van der Waals surface area contributed by atoms with Crippen molar-refractivity contribution in [1.29, 1.82) is 0 Å². The molecule has 1 aliphatic rings. The van der Waals surface area contributed by atoms with Crippen molar-refractivity contribution in [3.8, 4) is 0 Å². The fourth-order valence-corrected chi connectivity index (χ4v) is 3.26. The summed E-state index contributed by atoms with van der Waals surface area (Å²) in [6, 6.07) is 7.70. The van der Waals surface area contributed by atoms with Crippen LogP contribution in [0, 0.1) is 5.82 Å². The molecule has 0 radical (unpaired) electrons. The summed E-state index contributed by atoms with van der Waals surface area (Å²) >= 11 is 0. The van der Waals surface area contributed by atoms with Crippen molar-refractivity contribution in [2.45, 2.75) is 31.8 Å². The predicted molar refractivity (Wildman–Crippen MR) is 86.0 cm³/mol. The van der Waals surface area contributed by atoms with Gasteiger partial charge in [0.05, 0.1) is 0 Å². The third kappa shape index (κ3) is 4.25. The first-order valence-corrected chi connectivity index (χ1v) is 8.00. The van der Waals surface area contributed by atoms with Crippen LogP contribution < -0.4 is 5.32 Å². The maximum absolute atomic E-state index is 14.0. The highest BCUT2D eigenvalue weighted by molar-refractivity contribution is 5.21. The van der Waals surface area contributed by atoms with Crippen LogP contribution in [0.3, 0.4) is 0 Å². The number of rotatable bonds is 5. The van der Waals surface area contributed by atoms with Crippen molar-refractivity contribution in [2.75, 3.05) is 40.3 Å². The minimum Gasteiger partial charge on any atom is -0.312 e. The molecule has 1 aromatic carbocycles. The molecule has 0 aromatic heterocycles. The molecule has 1 aromatic rings. The lowest BCUT2D eigenvalue weighted by atomic mass is 10.0. The molecule has 1 fully saturated rings. The van der Waals surface area contributed by atoms with E-state index >= 15 is 0 Å². The minimum atomic E-state index is -0.114. The van der Waals surface area contributed by atoms with Gasteiger partial charge in [-0.1, -0.05) is 25.1 Å². The number of hydrogen-bond acceptors (Lipinski definition) is 3. The summed E-state index contributed by atoms with van der Waals surface area (Å²) in [6.07, 6.45) is 2.32. The summed E-state index contributed by atoms with van der Waals surface area (Å²) in [4.78, 5) is 4.93. The zero-order chi connectivity index (χ0) is 15.2. The van der Waals surface area contributed by atoms with Crippen LogP contribution in [0.25, 0.3) is 0 Å². The Morgan fingerprint density at radius 1 is 1.33 bits per heavy atom. The van der Waals surface area contributed by atoms with Gasteiger partial charge in [0.1, 0.15) is 5.82 Å². The molecular weight excluding hydrogens is 265 g/mol. The molecule has 1 saturated heterocycles. The fraction of sp³-hybridized carbons (Fsp3) is 0.647. The summed E-state index contributed by atoms with van der Waals surface area (Å²) < 4.78 is 14.0. The summed E-state index contributed by atoms with van der Waals surface area (Å²) in [6.45, 7) is 6.45. The molecule has 2 unspecified atom stereocenters. The largest absolute Gasteiger partial charge is 0.312 e. The Bertz CT molecular complexity index is 438. The van der Waals surface area contributed by atoms with Crippen LogP contribution in [-0.2, 0) is 0 Å². The van der Waals surface area contributed by atoms with E-state index in [0.717, 1.165) is 38.2 Å². The van der Waals surface area contributed by atoms with Gasteiger partial charge in [0.15, 0.2) is 0 Å². The lowest BCUT2D eigenvalue weighted by Gasteiger charge is -2.33. The smallest absolute Gasteiger partial charge is 0.128 e. The Labute approximate surface area is 128 Å². The highest BCUT2D eigenvalue weighted by Crippen LogP contribution is 2.21. The molecule has 1 heterocycles.